The van der Waals surface area contributed by atoms with E-state index >= 15 is 0 Å². The summed E-state index contributed by atoms with van der Waals surface area (Å²) in [6.45, 7) is 8.70. The monoisotopic (exact) mass is 924 g/mol. The highest BCUT2D eigenvalue weighted by Crippen LogP contribution is 2.38. The minimum absolute atomic E-state index is 0.192. The molecule has 0 bridgehead atoms. The summed E-state index contributed by atoms with van der Waals surface area (Å²) < 4.78 is 37.9. The molecule has 0 saturated carbocycles. The smallest absolute Gasteiger partial charge is 0.255 e. The van der Waals surface area contributed by atoms with Crippen LogP contribution in [-0.2, 0) is 32.6 Å². The first-order valence-corrected chi connectivity index (χ1v) is 24.0. The lowest BCUT2D eigenvalue weighted by Gasteiger charge is -2.43. The number of amides is 3. The van der Waals surface area contributed by atoms with Crippen molar-refractivity contribution in [3.63, 3.8) is 0 Å². The molecule has 17 nitrogen and oxygen atoms in total. The minimum atomic E-state index is -3.60. The van der Waals surface area contributed by atoms with Gasteiger partial charge in [-0.2, -0.15) is 4.98 Å². The summed E-state index contributed by atoms with van der Waals surface area (Å²) in [5.41, 5.74) is 5.89. The lowest BCUT2D eigenvalue weighted by atomic mass is 9.99. The SMILES string of the molecule is CCc1cc(Nc2ncc(Cl)c(Nc3ccc(OC)cc3NS(C)(=O)=O)n2)c(OC)cc1N1CCC(N2CCN(CC#Cc3cccc4c3CN(C3CCC(=O)NC3=O)C4=O)CC2)CC1. The average molecular weight is 926 g/mol. The molecule has 0 spiro atoms. The maximum absolute atomic E-state index is 13.2. The molecule has 3 aromatic carbocycles. The number of ether oxygens (including phenoxy) is 2. The molecule has 4 aliphatic rings. The van der Waals surface area contributed by atoms with Crippen molar-refractivity contribution in [2.75, 3.05) is 86.5 Å². The molecule has 8 rings (SSSR count). The van der Waals surface area contributed by atoms with Crippen LogP contribution >= 0.6 is 11.6 Å². The van der Waals surface area contributed by atoms with Crippen LogP contribution in [0.25, 0.3) is 0 Å². The van der Waals surface area contributed by atoms with Gasteiger partial charge in [0.1, 0.15) is 22.6 Å². The Morgan fingerprint density at radius 1 is 0.923 bits per heavy atom. The van der Waals surface area contributed by atoms with E-state index in [4.69, 9.17) is 21.1 Å². The van der Waals surface area contributed by atoms with Crippen LogP contribution in [-0.4, -0.2) is 129 Å². The number of imide groups is 1. The molecule has 3 fully saturated rings. The summed E-state index contributed by atoms with van der Waals surface area (Å²) in [5, 5.41) is 9.03. The number of nitrogens with one attached hydrogen (secondary N) is 4. The number of anilines is 6. The summed E-state index contributed by atoms with van der Waals surface area (Å²) in [7, 11) is -0.462. The average Bonchev–Trinajstić information content (AvgIpc) is 3.63. The second-order valence-electron chi connectivity index (χ2n) is 16.5. The maximum atomic E-state index is 13.2. The number of sulfonamides is 1. The number of rotatable bonds is 13. The van der Waals surface area contributed by atoms with Gasteiger partial charge in [0, 0.05) is 87.2 Å². The Morgan fingerprint density at radius 2 is 1.71 bits per heavy atom. The van der Waals surface area contributed by atoms with E-state index in [1.54, 1.807) is 36.3 Å². The van der Waals surface area contributed by atoms with Crippen molar-refractivity contribution in [1.29, 1.82) is 0 Å². The summed E-state index contributed by atoms with van der Waals surface area (Å²) >= 11 is 6.51. The zero-order chi connectivity index (χ0) is 45.8. The molecule has 4 aliphatic heterocycles. The van der Waals surface area contributed by atoms with Crippen LogP contribution < -0.4 is 35.0 Å². The van der Waals surface area contributed by atoms with Gasteiger partial charge in [0.2, 0.25) is 27.8 Å². The van der Waals surface area contributed by atoms with E-state index in [0.717, 1.165) is 87.2 Å². The van der Waals surface area contributed by atoms with Gasteiger partial charge in [-0.15, -0.1) is 0 Å². The molecule has 5 heterocycles. The van der Waals surface area contributed by atoms with Crippen molar-refractivity contribution >= 4 is 73.9 Å². The molecular formula is C46H53ClN10O7S. The van der Waals surface area contributed by atoms with Crippen LogP contribution in [0.1, 0.15) is 59.7 Å². The van der Waals surface area contributed by atoms with Crippen LogP contribution in [0.2, 0.25) is 5.02 Å². The van der Waals surface area contributed by atoms with Crippen LogP contribution in [0, 0.1) is 11.8 Å². The second kappa shape index (κ2) is 19.5. The van der Waals surface area contributed by atoms with Gasteiger partial charge in [-0.1, -0.05) is 36.4 Å². The number of hydrogen-bond donors (Lipinski definition) is 4. The molecule has 4 N–H and O–H groups in total. The molecule has 0 aliphatic carbocycles. The van der Waals surface area contributed by atoms with E-state index in [1.165, 1.54) is 13.3 Å². The van der Waals surface area contributed by atoms with Crippen molar-refractivity contribution < 1.29 is 32.3 Å². The van der Waals surface area contributed by atoms with Gasteiger partial charge in [0.15, 0.2) is 5.82 Å². The van der Waals surface area contributed by atoms with Crippen LogP contribution in [0.15, 0.2) is 54.7 Å². The Hall–Kier alpha value is -6.13. The van der Waals surface area contributed by atoms with E-state index in [9.17, 15) is 22.8 Å². The van der Waals surface area contributed by atoms with Gasteiger partial charge in [0.05, 0.1) is 50.3 Å². The number of piperidine rings is 2. The van der Waals surface area contributed by atoms with E-state index in [0.29, 0.717) is 54.0 Å². The molecule has 3 amide bonds. The van der Waals surface area contributed by atoms with Gasteiger partial charge < -0.3 is 29.9 Å². The number of aryl methyl sites for hydroxylation is 1. The second-order valence-corrected chi connectivity index (χ2v) is 18.7. The van der Waals surface area contributed by atoms with E-state index in [1.807, 2.05) is 12.1 Å². The van der Waals surface area contributed by atoms with Crippen molar-refractivity contribution in [3.8, 4) is 23.3 Å². The molecule has 1 aromatic heterocycles. The summed E-state index contributed by atoms with van der Waals surface area (Å²) in [4.78, 5) is 55.5. The Morgan fingerprint density at radius 3 is 2.42 bits per heavy atom. The molecule has 342 valence electrons. The van der Waals surface area contributed by atoms with Crippen LogP contribution in [0.4, 0.5) is 34.5 Å². The Balaban J connectivity index is 0.854. The van der Waals surface area contributed by atoms with Gasteiger partial charge in [-0.05, 0) is 67.1 Å². The number of nitrogens with zero attached hydrogens (tertiary/aromatic N) is 6. The third-order valence-electron chi connectivity index (χ3n) is 12.4. The Bertz CT molecular complexity index is 2660. The number of benzene rings is 3. The highest BCUT2D eigenvalue weighted by atomic mass is 35.5. The molecule has 4 aromatic rings. The highest BCUT2D eigenvalue weighted by molar-refractivity contribution is 7.92. The minimum Gasteiger partial charge on any atom is -0.497 e. The largest absolute Gasteiger partial charge is 0.497 e. The molecule has 1 atom stereocenters. The number of carbonyl (C=O) groups is 3. The molecule has 65 heavy (non-hydrogen) atoms. The number of methoxy groups -OCH3 is 2. The molecular weight excluding hydrogens is 872 g/mol. The van der Waals surface area contributed by atoms with Crippen molar-refractivity contribution in [2.45, 2.75) is 57.7 Å². The third-order valence-corrected chi connectivity index (χ3v) is 13.3. The van der Waals surface area contributed by atoms with Gasteiger partial charge in [-0.3, -0.25) is 34.2 Å². The standard InChI is InChI=1S/C46H53ClN10O7S/c1-5-29-24-38(50-46-48-27-35(47)43(52-46)49-36-12-11-32(63-2)25-37(36)53-65(4,61)62)41(64-3)26-40(29)56-18-15-31(16-19-56)55-22-20-54(21-23-55)17-7-9-30-8-6-10-33-34(30)28-57(45(33)60)39-13-14-42(58)51-44(39)59/h6,8,10-12,24-27,31,39,53H,5,13-23,28H2,1-4H3,(H,51,58,59)(H2,48,49,50,52). The number of halogens is 1. The number of hydrogen-bond acceptors (Lipinski definition) is 14. The fraction of sp³-hybridized carbons (Fsp3) is 0.413. The van der Waals surface area contributed by atoms with E-state index in [2.05, 4.69) is 76.2 Å². The zero-order valence-corrected chi connectivity index (χ0v) is 38.4. The molecule has 19 heteroatoms. The fourth-order valence-electron chi connectivity index (χ4n) is 8.97. The van der Waals surface area contributed by atoms with Crippen LogP contribution in [0.5, 0.6) is 11.5 Å². The van der Waals surface area contributed by atoms with Crippen molar-refractivity contribution in [2.24, 2.45) is 0 Å². The lowest BCUT2D eigenvalue weighted by molar-refractivity contribution is -0.136. The number of piperazine rings is 1. The summed E-state index contributed by atoms with van der Waals surface area (Å²) in [6.07, 6.45) is 5.97. The zero-order valence-electron chi connectivity index (χ0n) is 36.9. The quantitative estimate of drug-likeness (QED) is 0.104. The normalized spacial score (nSPS) is 18.4. The Kier molecular flexibility index (Phi) is 13.7. The number of fused-ring (bicyclic) bond motifs is 1. The van der Waals surface area contributed by atoms with Gasteiger partial charge >= 0.3 is 0 Å². The fourth-order valence-corrected chi connectivity index (χ4v) is 9.68. The first kappa shape index (κ1) is 45.4. The van der Waals surface area contributed by atoms with E-state index < -0.39 is 22.0 Å². The topological polar surface area (TPSA) is 191 Å². The van der Waals surface area contributed by atoms with Gasteiger partial charge in [-0.25, -0.2) is 13.4 Å². The van der Waals surface area contributed by atoms with Crippen LogP contribution in [0.3, 0.4) is 0 Å². The van der Waals surface area contributed by atoms with E-state index in [-0.39, 0.29) is 40.7 Å². The highest BCUT2D eigenvalue weighted by Gasteiger charge is 2.40. The first-order chi connectivity index (χ1) is 31.3. The van der Waals surface area contributed by atoms with Crippen molar-refractivity contribution in [1.82, 2.24) is 30.0 Å². The van der Waals surface area contributed by atoms with Gasteiger partial charge in [0.25, 0.3) is 5.91 Å². The third kappa shape index (κ3) is 10.4. The predicted octanol–water partition coefficient (Wildman–Crippen LogP) is 4.97. The number of carbonyl (C=O) groups excluding carboxylic acids is 3. The molecule has 0 radical (unpaired) electrons. The molecule has 1 unspecified atom stereocenters. The molecule has 3 saturated heterocycles. The number of aromatic nitrogens is 2. The lowest BCUT2D eigenvalue weighted by Crippen LogP contribution is -2.53. The summed E-state index contributed by atoms with van der Waals surface area (Å²) in [6, 6.07) is 14.5. The first-order valence-electron chi connectivity index (χ1n) is 21.7. The Labute approximate surface area is 384 Å². The maximum Gasteiger partial charge on any atom is 0.255 e. The predicted molar refractivity (Wildman–Crippen MR) is 250 cm³/mol. The van der Waals surface area contributed by atoms with Crippen molar-refractivity contribution in [3.05, 3.63) is 82.0 Å². The summed E-state index contributed by atoms with van der Waals surface area (Å²) in [5.74, 6) is 7.39.